The molecule has 2 N–H and O–H groups in total. The number of furan rings is 1. The molecule has 0 unspecified atom stereocenters. The predicted octanol–water partition coefficient (Wildman–Crippen LogP) is 3.82. The first-order valence-electron chi connectivity index (χ1n) is 6.71. The van der Waals surface area contributed by atoms with Gasteiger partial charge >= 0.3 is 0 Å². The van der Waals surface area contributed by atoms with Crippen LogP contribution in [0.4, 0.5) is 0 Å². The molecule has 3 nitrogen and oxygen atoms in total. The van der Waals surface area contributed by atoms with Crippen molar-refractivity contribution in [2.45, 2.75) is 6.42 Å². The number of hydrogen-bond donors (Lipinski definition) is 1. The van der Waals surface area contributed by atoms with Gasteiger partial charge in [-0.05, 0) is 42.8 Å². The van der Waals surface area contributed by atoms with Crippen molar-refractivity contribution in [3.63, 3.8) is 0 Å². The third kappa shape index (κ3) is 2.71. The van der Waals surface area contributed by atoms with Gasteiger partial charge in [-0.2, -0.15) is 0 Å². The zero-order chi connectivity index (χ0) is 14.8. The van der Waals surface area contributed by atoms with Gasteiger partial charge in [-0.15, -0.1) is 0 Å². The van der Waals surface area contributed by atoms with E-state index < -0.39 is 0 Å². The molecule has 2 aromatic carbocycles. The van der Waals surface area contributed by atoms with Gasteiger partial charge in [0.1, 0.15) is 5.58 Å². The fraction of sp³-hybridized carbons (Fsp3) is 0.118. The average Bonchev–Trinajstić information content (AvgIpc) is 2.90. The fourth-order valence-electron chi connectivity index (χ4n) is 2.37. The Bertz CT molecular complexity index is 807. The van der Waals surface area contributed by atoms with Crippen molar-refractivity contribution in [2.75, 3.05) is 6.54 Å². The highest BCUT2D eigenvalue weighted by Crippen LogP contribution is 2.25. The average molecular weight is 300 g/mol. The first-order valence-corrected chi connectivity index (χ1v) is 7.08. The standard InChI is InChI=1S/C17H14ClNO2/c18-13-5-6-15-12(9-13)10-16(21-15)17(20)14-4-2-1-3-11(14)7-8-19/h1-6,9-10H,7-8,19H2. The summed E-state index contributed by atoms with van der Waals surface area (Å²) in [6.07, 6.45) is 0.661. The molecular weight excluding hydrogens is 286 g/mol. The Morgan fingerprint density at radius 1 is 1.14 bits per heavy atom. The highest BCUT2D eigenvalue weighted by atomic mass is 35.5. The lowest BCUT2D eigenvalue weighted by Gasteiger charge is -2.05. The van der Waals surface area contributed by atoms with E-state index in [9.17, 15) is 4.79 Å². The predicted molar refractivity (Wildman–Crippen MR) is 83.9 cm³/mol. The summed E-state index contributed by atoms with van der Waals surface area (Å²) in [5.74, 6) is 0.183. The van der Waals surface area contributed by atoms with Crippen LogP contribution >= 0.6 is 11.6 Å². The second kappa shape index (κ2) is 5.72. The monoisotopic (exact) mass is 299 g/mol. The maximum atomic E-state index is 12.6. The Morgan fingerprint density at radius 2 is 1.95 bits per heavy atom. The highest BCUT2D eigenvalue weighted by Gasteiger charge is 2.17. The van der Waals surface area contributed by atoms with E-state index in [2.05, 4.69) is 0 Å². The summed E-state index contributed by atoms with van der Waals surface area (Å²) in [5.41, 5.74) is 7.81. The van der Waals surface area contributed by atoms with E-state index in [4.69, 9.17) is 21.8 Å². The molecular formula is C17H14ClNO2. The number of carbonyl (C=O) groups is 1. The maximum Gasteiger partial charge on any atom is 0.228 e. The molecule has 0 saturated carbocycles. The molecule has 106 valence electrons. The molecule has 0 aliphatic heterocycles. The van der Waals surface area contributed by atoms with Gasteiger partial charge < -0.3 is 10.2 Å². The molecule has 4 heteroatoms. The third-order valence-electron chi connectivity index (χ3n) is 3.38. The zero-order valence-electron chi connectivity index (χ0n) is 11.3. The zero-order valence-corrected chi connectivity index (χ0v) is 12.1. The van der Waals surface area contributed by atoms with Crippen molar-refractivity contribution in [2.24, 2.45) is 5.73 Å². The van der Waals surface area contributed by atoms with Gasteiger partial charge in [-0.25, -0.2) is 0 Å². The highest BCUT2D eigenvalue weighted by molar-refractivity contribution is 6.31. The summed E-state index contributed by atoms with van der Waals surface area (Å²) in [7, 11) is 0. The Morgan fingerprint density at radius 3 is 2.76 bits per heavy atom. The molecule has 0 fully saturated rings. The van der Waals surface area contributed by atoms with Crippen LogP contribution < -0.4 is 5.73 Å². The molecule has 0 atom stereocenters. The topological polar surface area (TPSA) is 56.2 Å². The van der Waals surface area contributed by atoms with Gasteiger partial charge in [0.25, 0.3) is 0 Å². The first kappa shape index (κ1) is 13.9. The van der Waals surface area contributed by atoms with E-state index in [-0.39, 0.29) is 5.78 Å². The van der Waals surface area contributed by atoms with Gasteiger partial charge in [0.15, 0.2) is 5.76 Å². The minimum absolute atomic E-state index is 0.133. The molecule has 0 saturated heterocycles. The van der Waals surface area contributed by atoms with Crippen LogP contribution in [0.15, 0.2) is 52.9 Å². The van der Waals surface area contributed by atoms with E-state index in [0.717, 1.165) is 10.9 Å². The fourth-order valence-corrected chi connectivity index (χ4v) is 2.55. The molecule has 0 aliphatic carbocycles. The van der Waals surface area contributed by atoms with Crippen LogP contribution in [0, 0.1) is 0 Å². The van der Waals surface area contributed by atoms with Crippen LogP contribution in [-0.2, 0) is 6.42 Å². The molecule has 0 radical (unpaired) electrons. The normalized spacial score (nSPS) is 11.0. The number of ketones is 1. The number of hydrogen-bond acceptors (Lipinski definition) is 3. The molecule has 1 heterocycles. The lowest BCUT2D eigenvalue weighted by atomic mass is 10.00. The first-order chi connectivity index (χ1) is 10.2. The van der Waals surface area contributed by atoms with E-state index in [1.54, 1.807) is 30.3 Å². The van der Waals surface area contributed by atoms with Crippen molar-refractivity contribution in [1.29, 1.82) is 0 Å². The summed E-state index contributed by atoms with van der Waals surface area (Å²) in [6, 6.07) is 14.5. The van der Waals surface area contributed by atoms with Gasteiger partial charge in [0.2, 0.25) is 5.78 Å². The van der Waals surface area contributed by atoms with Crippen molar-refractivity contribution in [3.05, 3.63) is 70.4 Å². The summed E-state index contributed by atoms with van der Waals surface area (Å²) in [5, 5.41) is 1.44. The molecule has 21 heavy (non-hydrogen) atoms. The summed E-state index contributed by atoms with van der Waals surface area (Å²) < 4.78 is 5.63. The third-order valence-corrected chi connectivity index (χ3v) is 3.61. The van der Waals surface area contributed by atoms with Crippen LogP contribution in [0.25, 0.3) is 11.0 Å². The van der Waals surface area contributed by atoms with Gasteiger partial charge in [0, 0.05) is 16.0 Å². The summed E-state index contributed by atoms with van der Waals surface area (Å²) >= 11 is 5.95. The Balaban J connectivity index is 2.04. The van der Waals surface area contributed by atoms with Crippen molar-refractivity contribution in [3.8, 4) is 0 Å². The Kier molecular flexibility index (Phi) is 3.78. The molecule has 3 aromatic rings. The summed E-state index contributed by atoms with van der Waals surface area (Å²) in [4.78, 5) is 12.6. The van der Waals surface area contributed by atoms with Gasteiger partial charge in [0.05, 0.1) is 0 Å². The Labute approximate surface area is 127 Å². The summed E-state index contributed by atoms with van der Waals surface area (Å²) in [6.45, 7) is 0.500. The minimum atomic E-state index is -0.133. The lowest BCUT2D eigenvalue weighted by molar-refractivity contribution is 0.101. The molecule has 0 aliphatic rings. The SMILES string of the molecule is NCCc1ccccc1C(=O)c1cc2cc(Cl)ccc2o1. The van der Waals surface area contributed by atoms with Crippen LogP contribution in [0.3, 0.4) is 0 Å². The molecule has 1 aromatic heterocycles. The number of nitrogens with two attached hydrogens (primary N) is 1. The molecule has 0 bridgehead atoms. The Hall–Kier alpha value is -2.10. The van der Waals surface area contributed by atoms with Crippen molar-refractivity contribution < 1.29 is 9.21 Å². The van der Waals surface area contributed by atoms with E-state index in [0.29, 0.717) is 34.9 Å². The molecule has 3 rings (SSSR count). The largest absolute Gasteiger partial charge is 0.453 e. The molecule has 0 amide bonds. The minimum Gasteiger partial charge on any atom is -0.453 e. The van der Waals surface area contributed by atoms with E-state index in [1.807, 2.05) is 18.2 Å². The van der Waals surface area contributed by atoms with Crippen LogP contribution in [-0.4, -0.2) is 12.3 Å². The molecule has 0 spiro atoms. The number of rotatable bonds is 4. The second-order valence-electron chi connectivity index (χ2n) is 4.82. The van der Waals surface area contributed by atoms with E-state index in [1.165, 1.54) is 0 Å². The number of halogens is 1. The van der Waals surface area contributed by atoms with Crippen LogP contribution in [0.5, 0.6) is 0 Å². The van der Waals surface area contributed by atoms with Gasteiger partial charge in [-0.1, -0.05) is 35.9 Å². The number of fused-ring (bicyclic) bond motifs is 1. The number of carbonyl (C=O) groups excluding carboxylic acids is 1. The van der Waals surface area contributed by atoms with Crippen LogP contribution in [0.1, 0.15) is 21.7 Å². The quantitative estimate of drug-likeness (QED) is 0.745. The van der Waals surface area contributed by atoms with Crippen molar-refractivity contribution in [1.82, 2.24) is 0 Å². The second-order valence-corrected chi connectivity index (χ2v) is 5.25. The van der Waals surface area contributed by atoms with Crippen LogP contribution in [0.2, 0.25) is 5.02 Å². The number of benzene rings is 2. The van der Waals surface area contributed by atoms with Crippen molar-refractivity contribution >= 4 is 28.4 Å². The lowest BCUT2D eigenvalue weighted by Crippen LogP contribution is -2.09. The van der Waals surface area contributed by atoms with Gasteiger partial charge in [-0.3, -0.25) is 4.79 Å². The smallest absolute Gasteiger partial charge is 0.228 e. The maximum absolute atomic E-state index is 12.6. The van der Waals surface area contributed by atoms with E-state index >= 15 is 0 Å².